The standard InChI is InChI=1S/C16H15F3O/c1-2-12-5-9-15(10-6-12)20-11-13-3-7-14(8-4-13)16(17,18)19/h3-10H,2,11H2,1H3. The average Bonchev–Trinajstić information content (AvgIpc) is 2.45. The molecule has 0 aliphatic heterocycles. The molecule has 0 N–H and O–H groups in total. The van der Waals surface area contributed by atoms with E-state index >= 15 is 0 Å². The first-order valence-electron chi connectivity index (χ1n) is 6.37. The molecule has 0 spiro atoms. The lowest BCUT2D eigenvalue weighted by Gasteiger charge is -2.09. The molecule has 0 radical (unpaired) electrons. The number of ether oxygens (including phenoxy) is 1. The quantitative estimate of drug-likeness (QED) is 0.778. The third-order valence-electron chi connectivity index (χ3n) is 3.02. The zero-order chi connectivity index (χ0) is 14.6. The van der Waals surface area contributed by atoms with Crippen LogP contribution in [0, 0.1) is 0 Å². The van der Waals surface area contributed by atoms with Gasteiger partial charge in [0.25, 0.3) is 0 Å². The molecule has 2 rings (SSSR count). The van der Waals surface area contributed by atoms with E-state index in [0.29, 0.717) is 11.3 Å². The molecule has 106 valence electrons. The summed E-state index contributed by atoms with van der Waals surface area (Å²) < 4.78 is 42.8. The molecule has 0 amide bonds. The highest BCUT2D eigenvalue weighted by Gasteiger charge is 2.29. The van der Waals surface area contributed by atoms with Crippen molar-refractivity contribution in [2.75, 3.05) is 0 Å². The molecule has 20 heavy (non-hydrogen) atoms. The number of alkyl halides is 3. The second kappa shape index (κ2) is 5.99. The number of hydrogen-bond donors (Lipinski definition) is 0. The van der Waals surface area contributed by atoms with Crippen LogP contribution in [-0.4, -0.2) is 0 Å². The van der Waals surface area contributed by atoms with Gasteiger partial charge in [0.15, 0.2) is 0 Å². The summed E-state index contributed by atoms with van der Waals surface area (Å²) in [6, 6.07) is 12.7. The minimum Gasteiger partial charge on any atom is -0.489 e. The fourth-order valence-electron chi connectivity index (χ4n) is 1.78. The smallest absolute Gasteiger partial charge is 0.416 e. The van der Waals surface area contributed by atoms with Crippen LogP contribution >= 0.6 is 0 Å². The molecule has 2 aromatic rings. The van der Waals surface area contributed by atoms with E-state index in [0.717, 1.165) is 18.6 Å². The highest BCUT2D eigenvalue weighted by Crippen LogP contribution is 2.29. The van der Waals surface area contributed by atoms with Gasteiger partial charge < -0.3 is 4.74 Å². The first-order chi connectivity index (χ1) is 9.49. The van der Waals surface area contributed by atoms with Crippen LogP contribution in [0.2, 0.25) is 0 Å². The lowest BCUT2D eigenvalue weighted by Crippen LogP contribution is -2.05. The molecule has 0 unspecified atom stereocenters. The highest BCUT2D eigenvalue weighted by molar-refractivity contribution is 5.28. The maximum absolute atomic E-state index is 12.4. The number of halogens is 3. The van der Waals surface area contributed by atoms with E-state index in [9.17, 15) is 13.2 Å². The van der Waals surface area contributed by atoms with Crippen molar-refractivity contribution in [3.63, 3.8) is 0 Å². The first-order valence-corrected chi connectivity index (χ1v) is 6.37. The van der Waals surface area contributed by atoms with Crippen molar-refractivity contribution in [3.05, 3.63) is 65.2 Å². The van der Waals surface area contributed by atoms with Gasteiger partial charge in [-0.25, -0.2) is 0 Å². The summed E-state index contributed by atoms with van der Waals surface area (Å²) in [7, 11) is 0. The Balaban J connectivity index is 1.96. The molecule has 2 aromatic carbocycles. The number of aryl methyl sites for hydroxylation is 1. The minimum atomic E-state index is -4.30. The molecule has 0 aromatic heterocycles. The lowest BCUT2D eigenvalue weighted by molar-refractivity contribution is -0.137. The largest absolute Gasteiger partial charge is 0.489 e. The molecular weight excluding hydrogens is 265 g/mol. The third-order valence-corrected chi connectivity index (χ3v) is 3.02. The average molecular weight is 280 g/mol. The van der Waals surface area contributed by atoms with Gasteiger partial charge in [0.2, 0.25) is 0 Å². The molecule has 0 heterocycles. The molecule has 0 bridgehead atoms. The van der Waals surface area contributed by atoms with Gasteiger partial charge in [-0.1, -0.05) is 31.2 Å². The van der Waals surface area contributed by atoms with Crippen LogP contribution in [0.1, 0.15) is 23.6 Å². The summed E-state index contributed by atoms with van der Waals surface area (Å²) in [5.74, 6) is 0.710. The Morgan fingerprint density at radius 3 is 1.90 bits per heavy atom. The van der Waals surface area contributed by atoms with Crippen molar-refractivity contribution >= 4 is 0 Å². The molecule has 0 fully saturated rings. The molecule has 0 aliphatic rings. The lowest BCUT2D eigenvalue weighted by atomic mass is 10.1. The molecular formula is C16H15F3O. The van der Waals surface area contributed by atoms with Crippen molar-refractivity contribution < 1.29 is 17.9 Å². The third kappa shape index (κ3) is 3.76. The van der Waals surface area contributed by atoms with Gasteiger partial charge in [0.1, 0.15) is 12.4 Å². The summed E-state index contributed by atoms with van der Waals surface area (Å²) in [6.07, 6.45) is -3.34. The van der Waals surface area contributed by atoms with Crippen LogP contribution < -0.4 is 4.74 Å². The Kier molecular flexibility index (Phi) is 4.32. The molecule has 0 aliphatic carbocycles. The van der Waals surface area contributed by atoms with Gasteiger partial charge in [0.05, 0.1) is 5.56 Å². The van der Waals surface area contributed by atoms with Gasteiger partial charge in [-0.15, -0.1) is 0 Å². The molecule has 4 heteroatoms. The number of rotatable bonds is 4. The Hall–Kier alpha value is -1.97. The van der Waals surface area contributed by atoms with E-state index in [-0.39, 0.29) is 6.61 Å². The zero-order valence-corrected chi connectivity index (χ0v) is 11.1. The molecule has 0 atom stereocenters. The normalized spacial score (nSPS) is 11.4. The summed E-state index contributed by atoms with van der Waals surface area (Å²) >= 11 is 0. The maximum Gasteiger partial charge on any atom is 0.416 e. The van der Waals surface area contributed by atoms with Crippen LogP contribution in [0.4, 0.5) is 13.2 Å². The predicted octanol–water partition coefficient (Wildman–Crippen LogP) is 4.85. The van der Waals surface area contributed by atoms with E-state index in [1.54, 1.807) is 0 Å². The van der Waals surface area contributed by atoms with Crippen LogP contribution in [0.15, 0.2) is 48.5 Å². The monoisotopic (exact) mass is 280 g/mol. The van der Waals surface area contributed by atoms with Crippen molar-refractivity contribution in [3.8, 4) is 5.75 Å². The first kappa shape index (κ1) is 14.4. The maximum atomic E-state index is 12.4. The van der Waals surface area contributed by atoms with E-state index in [1.807, 2.05) is 24.3 Å². The summed E-state index contributed by atoms with van der Waals surface area (Å²) in [5.41, 5.74) is 1.28. The Bertz CT molecular complexity index is 541. The zero-order valence-electron chi connectivity index (χ0n) is 11.1. The highest BCUT2D eigenvalue weighted by atomic mass is 19.4. The number of hydrogen-bond acceptors (Lipinski definition) is 1. The Labute approximate surface area is 116 Å². The summed E-state index contributed by atoms with van der Waals surface area (Å²) in [4.78, 5) is 0. The van der Waals surface area contributed by atoms with Gasteiger partial charge in [-0.3, -0.25) is 0 Å². The van der Waals surface area contributed by atoms with Gasteiger partial charge >= 0.3 is 6.18 Å². The Morgan fingerprint density at radius 1 is 0.850 bits per heavy atom. The number of benzene rings is 2. The van der Waals surface area contributed by atoms with Gasteiger partial charge in [0, 0.05) is 0 Å². The SMILES string of the molecule is CCc1ccc(OCc2ccc(C(F)(F)F)cc2)cc1. The van der Waals surface area contributed by atoms with Crippen molar-refractivity contribution in [1.29, 1.82) is 0 Å². The van der Waals surface area contributed by atoms with E-state index < -0.39 is 11.7 Å². The van der Waals surface area contributed by atoms with Crippen molar-refractivity contribution in [2.24, 2.45) is 0 Å². The Morgan fingerprint density at radius 2 is 1.40 bits per heavy atom. The van der Waals surface area contributed by atoms with E-state index in [2.05, 4.69) is 6.92 Å². The fourth-order valence-corrected chi connectivity index (χ4v) is 1.78. The molecule has 0 saturated heterocycles. The van der Waals surface area contributed by atoms with Crippen LogP contribution in [0.25, 0.3) is 0 Å². The van der Waals surface area contributed by atoms with E-state index in [4.69, 9.17) is 4.74 Å². The predicted molar refractivity (Wildman–Crippen MR) is 71.6 cm³/mol. The fraction of sp³-hybridized carbons (Fsp3) is 0.250. The van der Waals surface area contributed by atoms with Crippen LogP contribution in [0.5, 0.6) is 5.75 Å². The summed E-state index contributed by atoms with van der Waals surface area (Å²) in [6.45, 7) is 2.32. The topological polar surface area (TPSA) is 9.23 Å². The molecule has 1 nitrogen and oxygen atoms in total. The van der Waals surface area contributed by atoms with Crippen LogP contribution in [0.3, 0.4) is 0 Å². The molecule has 0 saturated carbocycles. The van der Waals surface area contributed by atoms with Crippen LogP contribution in [-0.2, 0) is 19.2 Å². The summed E-state index contributed by atoms with van der Waals surface area (Å²) in [5, 5.41) is 0. The minimum absolute atomic E-state index is 0.254. The van der Waals surface area contributed by atoms with Gasteiger partial charge in [-0.2, -0.15) is 13.2 Å². The van der Waals surface area contributed by atoms with Crippen molar-refractivity contribution in [1.82, 2.24) is 0 Å². The second-order valence-electron chi connectivity index (χ2n) is 4.48. The van der Waals surface area contributed by atoms with Crippen molar-refractivity contribution in [2.45, 2.75) is 26.1 Å². The van der Waals surface area contributed by atoms with E-state index in [1.165, 1.54) is 17.7 Å². The second-order valence-corrected chi connectivity index (χ2v) is 4.48. The van der Waals surface area contributed by atoms with Gasteiger partial charge in [-0.05, 0) is 41.8 Å².